The molecule has 5 atom stereocenters. The Hall–Kier alpha value is -3.05. The molecule has 10 nitrogen and oxygen atoms in total. The number of carboxylic acids is 1. The van der Waals surface area contributed by atoms with Crippen molar-refractivity contribution in [1.29, 1.82) is 0 Å². The predicted molar refractivity (Wildman–Crippen MR) is 132 cm³/mol. The number of aliphatic carboxylic acids is 1. The zero-order valence-corrected chi connectivity index (χ0v) is 20.4. The van der Waals surface area contributed by atoms with Crippen molar-refractivity contribution in [2.24, 2.45) is 11.7 Å². The number of nitrogens with one attached hydrogen (secondary N) is 4. The van der Waals surface area contributed by atoms with Crippen molar-refractivity contribution in [1.82, 2.24) is 20.9 Å². The zero-order chi connectivity index (χ0) is 25.4. The Kier molecular flexibility index (Phi) is 9.94. The van der Waals surface area contributed by atoms with Crippen molar-refractivity contribution >= 4 is 47.2 Å². The summed E-state index contributed by atoms with van der Waals surface area (Å²) in [5.41, 5.74) is 7.28. The van der Waals surface area contributed by atoms with Crippen LogP contribution in [0.3, 0.4) is 0 Å². The molecule has 0 saturated carbocycles. The highest BCUT2D eigenvalue weighted by Crippen LogP contribution is 2.19. The van der Waals surface area contributed by atoms with Crippen LogP contribution >= 0.6 is 12.6 Å². The number of rotatable bonds is 12. The number of hydrogen-bond acceptors (Lipinski definition) is 6. The molecule has 186 valence electrons. The molecule has 2 rings (SSSR count). The van der Waals surface area contributed by atoms with E-state index in [1.807, 2.05) is 31.2 Å². The standard InChI is InChI=1S/C23H33N5O5S/c1-4-12(2)19(23(32)33)28-22(31)18(9-14-10-25-17-8-6-5-7-15(14)17)27-20(29)13(3)26-21(30)16(24)11-34/h5-8,10,12-13,16,18-19,25,34H,4,9,11,24H2,1-3H3,(H,26,30)(H,27,29)(H,28,31)(H,32,33). The molecule has 0 aliphatic heterocycles. The molecule has 0 aliphatic carbocycles. The van der Waals surface area contributed by atoms with Gasteiger partial charge in [-0.25, -0.2) is 4.79 Å². The van der Waals surface area contributed by atoms with Gasteiger partial charge in [-0.15, -0.1) is 0 Å². The van der Waals surface area contributed by atoms with Gasteiger partial charge in [-0.2, -0.15) is 12.6 Å². The first-order chi connectivity index (χ1) is 16.1. The predicted octanol–water partition coefficient (Wildman–Crippen LogP) is 0.573. The molecule has 7 N–H and O–H groups in total. The second-order valence-electron chi connectivity index (χ2n) is 8.35. The maximum Gasteiger partial charge on any atom is 0.326 e. The lowest BCUT2D eigenvalue weighted by atomic mass is 9.98. The minimum atomic E-state index is -1.15. The number of carboxylic acid groups (broad SMARTS) is 1. The molecule has 2 aromatic rings. The van der Waals surface area contributed by atoms with E-state index >= 15 is 0 Å². The molecule has 0 spiro atoms. The average Bonchev–Trinajstić information content (AvgIpc) is 3.23. The van der Waals surface area contributed by atoms with Gasteiger partial charge in [0.1, 0.15) is 18.1 Å². The van der Waals surface area contributed by atoms with Gasteiger partial charge < -0.3 is 31.8 Å². The van der Waals surface area contributed by atoms with Gasteiger partial charge in [-0.1, -0.05) is 38.5 Å². The van der Waals surface area contributed by atoms with Gasteiger partial charge in [0.25, 0.3) is 0 Å². The highest BCUT2D eigenvalue weighted by molar-refractivity contribution is 7.80. The third-order valence-corrected chi connectivity index (χ3v) is 6.19. The number of thiol groups is 1. The highest BCUT2D eigenvalue weighted by atomic mass is 32.1. The number of benzene rings is 1. The molecule has 5 unspecified atom stereocenters. The van der Waals surface area contributed by atoms with Crippen molar-refractivity contribution in [3.63, 3.8) is 0 Å². The van der Waals surface area contributed by atoms with Crippen molar-refractivity contribution in [3.05, 3.63) is 36.0 Å². The van der Waals surface area contributed by atoms with Gasteiger partial charge in [0.15, 0.2) is 0 Å². The van der Waals surface area contributed by atoms with Crippen LogP contribution in [0.4, 0.5) is 0 Å². The smallest absolute Gasteiger partial charge is 0.326 e. The Balaban J connectivity index is 2.25. The lowest BCUT2D eigenvalue weighted by Gasteiger charge is -2.25. The Bertz CT molecular complexity index is 1030. The summed E-state index contributed by atoms with van der Waals surface area (Å²) in [6.45, 7) is 5.03. The lowest BCUT2D eigenvalue weighted by Crippen LogP contribution is -2.57. The van der Waals surface area contributed by atoms with E-state index in [1.54, 1.807) is 13.1 Å². The molecule has 0 fully saturated rings. The number of amides is 3. The molecule has 1 aromatic heterocycles. The molecule has 3 amide bonds. The third-order valence-electron chi connectivity index (χ3n) is 5.79. The molecular formula is C23H33N5O5S. The van der Waals surface area contributed by atoms with E-state index in [0.29, 0.717) is 6.42 Å². The van der Waals surface area contributed by atoms with E-state index in [1.165, 1.54) is 6.92 Å². The molecule has 1 heterocycles. The number of carbonyl (C=O) groups is 4. The van der Waals surface area contributed by atoms with E-state index < -0.39 is 47.9 Å². The summed E-state index contributed by atoms with van der Waals surface area (Å²) in [6.07, 6.45) is 2.41. The summed E-state index contributed by atoms with van der Waals surface area (Å²) >= 11 is 3.97. The summed E-state index contributed by atoms with van der Waals surface area (Å²) in [6, 6.07) is 3.48. The van der Waals surface area contributed by atoms with E-state index in [4.69, 9.17) is 5.73 Å². The normalized spacial score (nSPS) is 15.6. The first kappa shape index (κ1) is 27.2. The van der Waals surface area contributed by atoms with Crippen LogP contribution in [0.25, 0.3) is 10.9 Å². The molecule has 0 aliphatic rings. The second-order valence-corrected chi connectivity index (χ2v) is 8.72. The number of aromatic amines is 1. The summed E-state index contributed by atoms with van der Waals surface area (Å²) in [7, 11) is 0. The summed E-state index contributed by atoms with van der Waals surface area (Å²) in [5.74, 6) is -3.13. The fraction of sp³-hybridized carbons (Fsp3) is 0.478. The number of hydrogen-bond donors (Lipinski definition) is 7. The number of aromatic nitrogens is 1. The second kappa shape index (κ2) is 12.4. The van der Waals surface area contributed by atoms with Gasteiger partial charge >= 0.3 is 5.97 Å². The van der Waals surface area contributed by atoms with E-state index in [0.717, 1.165) is 16.5 Å². The van der Waals surface area contributed by atoms with Crippen molar-refractivity contribution < 1.29 is 24.3 Å². The minimum Gasteiger partial charge on any atom is -0.480 e. The first-order valence-electron chi connectivity index (χ1n) is 11.1. The van der Waals surface area contributed by atoms with Crippen molar-refractivity contribution in [2.75, 3.05) is 5.75 Å². The van der Waals surface area contributed by atoms with Crippen LogP contribution in [-0.2, 0) is 25.6 Å². The largest absolute Gasteiger partial charge is 0.480 e. The van der Waals surface area contributed by atoms with Gasteiger partial charge in [0, 0.05) is 29.3 Å². The molecule has 0 radical (unpaired) electrons. The molecule has 34 heavy (non-hydrogen) atoms. The molecular weight excluding hydrogens is 458 g/mol. The van der Waals surface area contributed by atoms with E-state index in [2.05, 4.69) is 33.6 Å². The van der Waals surface area contributed by atoms with Crippen LogP contribution in [0.15, 0.2) is 30.5 Å². The SMILES string of the molecule is CCC(C)C(NC(=O)C(Cc1c[nH]c2ccccc12)NC(=O)C(C)NC(=O)C(N)CS)C(=O)O. The van der Waals surface area contributed by atoms with Crippen LogP contribution in [0, 0.1) is 5.92 Å². The van der Waals surface area contributed by atoms with Crippen LogP contribution in [0.5, 0.6) is 0 Å². The fourth-order valence-corrected chi connectivity index (χ4v) is 3.60. The minimum absolute atomic E-state index is 0.109. The fourth-order valence-electron chi connectivity index (χ4n) is 3.43. The lowest BCUT2D eigenvalue weighted by molar-refractivity contribution is -0.143. The van der Waals surface area contributed by atoms with E-state index in [-0.39, 0.29) is 18.1 Å². The number of nitrogens with two attached hydrogens (primary N) is 1. The number of para-hydroxylation sites is 1. The Morgan fingerprint density at radius 2 is 1.74 bits per heavy atom. The number of H-pyrrole nitrogens is 1. The van der Waals surface area contributed by atoms with Gasteiger partial charge in [0.05, 0.1) is 6.04 Å². The monoisotopic (exact) mass is 491 g/mol. The van der Waals surface area contributed by atoms with Gasteiger partial charge in [-0.3, -0.25) is 14.4 Å². The Morgan fingerprint density at radius 1 is 1.06 bits per heavy atom. The molecule has 0 saturated heterocycles. The maximum atomic E-state index is 13.2. The highest BCUT2D eigenvalue weighted by Gasteiger charge is 2.31. The van der Waals surface area contributed by atoms with Gasteiger partial charge in [-0.05, 0) is 24.5 Å². The van der Waals surface area contributed by atoms with Gasteiger partial charge in [0.2, 0.25) is 17.7 Å². The van der Waals surface area contributed by atoms with Crippen LogP contribution < -0.4 is 21.7 Å². The third kappa shape index (κ3) is 6.97. The van der Waals surface area contributed by atoms with E-state index in [9.17, 15) is 24.3 Å². The van der Waals surface area contributed by atoms with Crippen LogP contribution in [0.2, 0.25) is 0 Å². The summed E-state index contributed by atoms with van der Waals surface area (Å²) in [5, 5.41) is 18.2. The van der Waals surface area contributed by atoms with Crippen LogP contribution in [0.1, 0.15) is 32.8 Å². The Labute approximate surface area is 203 Å². The van der Waals surface area contributed by atoms with Crippen LogP contribution in [-0.4, -0.2) is 63.7 Å². The maximum absolute atomic E-state index is 13.2. The molecule has 1 aromatic carbocycles. The average molecular weight is 492 g/mol. The molecule has 11 heteroatoms. The zero-order valence-electron chi connectivity index (χ0n) is 19.5. The van der Waals surface area contributed by atoms with Crippen molar-refractivity contribution in [3.8, 4) is 0 Å². The Morgan fingerprint density at radius 3 is 2.35 bits per heavy atom. The quantitative estimate of drug-likeness (QED) is 0.214. The first-order valence-corrected chi connectivity index (χ1v) is 11.8. The summed E-state index contributed by atoms with van der Waals surface area (Å²) < 4.78 is 0. The topological polar surface area (TPSA) is 166 Å². The van der Waals surface area contributed by atoms with Crippen molar-refractivity contribution in [2.45, 2.75) is 57.8 Å². The summed E-state index contributed by atoms with van der Waals surface area (Å²) in [4.78, 5) is 52.8. The number of fused-ring (bicyclic) bond motifs is 1. The molecule has 0 bridgehead atoms. The number of carbonyl (C=O) groups excluding carboxylic acids is 3.